The molecule has 1 atom stereocenters. The molecule has 1 aliphatic rings. The summed E-state index contributed by atoms with van der Waals surface area (Å²) >= 11 is 0. The Balaban J connectivity index is 2.05. The van der Waals surface area contributed by atoms with Crippen molar-refractivity contribution in [3.63, 3.8) is 0 Å². The average Bonchev–Trinajstić information content (AvgIpc) is 2.38. The summed E-state index contributed by atoms with van der Waals surface area (Å²) < 4.78 is 0. The first kappa shape index (κ1) is 12.1. The van der Waals surface area contributed by atoms with E-state index in [-0.39, 0.29) is 5.56 Å². The van der Waals surface area contributed by atoms with Crippen LogP contribution in [0.5, 0.6) is 0 Å². The number of nitrogens with zero attached hydrogens (tertiary/aromatic N) is 2. The highest BCUT2D eigenvalue weighted by atomic mass is 16.1. The molecule has 0 aliphatic carbocycles. The molecule has 1 fully saturated rings. The maximum Gasteiger partial charge on any atom is 0.290 e. The predicted octanol–water partition coefficient (Wildman–Crippen LogP) is 0.596. The Morgan fingerprint density at radius 1 is 1.59 bits per heavy atom. The van der Waals surface area contributed by atoms with E-state index >= 15 is 0 Å². The lowest BCUT2D eigenvalue weighted by Crippen LogP contribution is -2.40. The maximum atomic E-state index is 11.7. The average molecular weight is 236 g/mol. The topological polar surface area (TPSA) is 61.0 Å². The van der Waals surface area contributed by atoms with E-state index in [2.05, 4.69) is 27.1 Å². The minimum atomic E-state index is -0.0990. The van der Waals surface area contributed by atoms with E-state index < -0.39 is 0 Å². The van der Waals surface area contributed by atoms with Crippen molar-refractivity contribution >= 4 is 5.82 Å². The Hall–Kier alpha value is -1.36. The number of aromatic nitrogens is 2. The normalized spacial score (nSPS) is 20.2. The van der Waals surface area contributed by atoms with E-state index in [0.717, 1.165) is 26.2 Å². The molecule has 2 rings (SSSR count). The zero-order chi connectivity index (χ0) is 12.1. The van der Waals surface area contributed by atoms with Crippen molar-refractivity contribution in [3.8, 4) is 0 Å². The summed E-state index contributed by atoms with van der Waals surface area (Å²) in [5.41, 5.74) is -0.0990. The quantitative estimate of drug-likeness (QED) is 0.803. The largest absolute Gasteiger partial charge is 0.352 e. The number of piperidine rings is 1. The second-order valence-electron chi connectivity index (χ2n) is 4.49. The molecule has 1 aromatic heterocycles. The van der Waals surface area contributed by atoms with Crippen LogP contribution in [0.3, 0.4) is 0 Å². The highest BCUT2D eigenvalue weighted by Crippen LogP contribution is 2.13. The van der Waals surface area contributed by atoms with Gasteiger partial charge < -0.3 is 15.2 Å². The van der Waals surface area contributed by atoms with Gasteiger partial charge in [-0.15, -0.1) is 0 Å². The molecule has 0 bridgehead atoms. The molecule has 1 aromatic rings. The first-order chi connectivity index (χ1) is 8.31. The summed E-state index contributed by atoms with van der Waals surface area (Å²) in [7, 11) is 0. The minimum Gasteiger partial charge on any atom is -0.352 e. The number of anilines is 1. The highest BCUT2D eigenvalue weighted by Gasteiger charge is 2.18. The summed E-state index contributed by atoms with van der Waals surface area (Å²) in [5, 5.41) is 3.40. The molecule has 0 amide bonds. The standard InChI is InChI=1S/C12H20N4O/c1-2-16(9-10-4-3-5-13-8-10)11-12(17)15-7-6-14-11/h6-7,10,13H,2-5,8-9H2,1H3,(H,15,17). The van der Waals surface area contributed by atoms with Gasteiger partial charge in [-0.2, -0.15) is 0 Å². The Morgan fingerprint density at radius 2 is 2.47 bits per heavy atom. The molecule has 1 saturated heterocycles. The summed E-state index contributed by atoms with van der Waals surface area (Å²) in [4.78, 5) is 20.6. The SMILES string of the molecule is CCN(CC1CCCNC1)c1ncc[nH]c1=O. The fourth-order valence-corrected chi connectivity index (χ4v) is 2.33. The molecular formula is C12H20N4O. The van der Waals surface area contributed by atoms with Gasteiger partial charge in [-0.1, -0.05) is 0 Å². The lowest BCUT2D eigenvalue weighted by Gasteiger charge is -2.29. The molecule has 5 nitrogen and oxygen atoms in total. The molecule has 0 radical (unpaired) electrons. The lowest BCUT2D eigenvalue weighted by molar-refractivity contribution is 0.377. The predicted molar refractivity (Wildman–Crippen MR) is 68.3 cm³/mol. The highest BCUT2D eigenvalue weighted by molar-refractivity contribution is 5.34. The van der Waals surface area contributed by atoms with E-state index in [1.807, 2.05) is 0 Å². The molecule has 0 spiro atoms. The number of hydrogen-bond acceptors (Lipinski definition) is 4. The molecule has 2 heterocycles. The molecule has 1 aliphatic heterocycles. The number of hydrogen-bond donors (Lipinski definition) is 2. The summed E-state index contributed by atoms with van der Waals surface area (Å²) in [6.45, 7) is 5.94. The lowest BCUT2D eigenvalue weighted by atomic mass is 9.99. The van der Waals surface area contributed by atoms with Crippen molar-refractivity contribution in [3.05, 3.63) is 22.7 Å². The molecule has 2 N–H and O–H groups in total. The molecule has 17 heavy (non-hydrogen) atoms. The first-order valence-corrected chi connectivity index (χ1v) is 6.30. The molecule has 5 heteroatoms. The van der Waals surface area contributed by atoms with Gasteiger partial charge in [0.05, 0.1) is 0 Å². The number of rotatable bonds is 4. The van der Waals surface area contributed by atoms with Crippen LogP contribution in [0.4, 0.5) is 5.82 Å². The molecule has 0 saturated carbocycles. The van der Waals surface area contributed by atoms with Crippen molar-refractivity contribution in [2.45, 2.75) is 19.8 Å². The zero-order valence-electron chi connectivity index (χ0n) is 10.3. The van der Waals surface area contributed by atoms with Gasteiger partial charge in [0.1, 0.15) is 0 Å². The fourth-order valence-electron chi connectivity index (χ4n) is 2.33. The smallest absolute Gasteiger partial charge is 0.290 e. The molecule has 94 valence electrons. The van der Waals surface area contributed by atoms with Crippen LogP contribution in [0.15, 0.2) is 17.2 Å². The second-order valence-corrected chi connectivity index (χ2v) is 4.49. The van der Waals surface area contributed by atoms with Crippen LogP contribution in [0, 0.1) is 5.92 Å². The van der Waals surface area contributed by atoms with Crippen molar-refractivity contribution in [1.82, 2.24) is 15.3 Å². The monoisotopic (exact) mass is 236 g/mol. The Labute approximate surface area is 101 Å². The van der Waals surface area contributed by atoms with Gasteiger partial charge in [-0.25, -0.2) is 4.98 Å². The minimum absolute atomic E-state index is 0.0990. The molecule has 1 unspecified atom stereocenters. The summed E-state index contributed by atoms with van der Waals surface area (Å²) in [6, 6.07) is 0. The van der Waals surface area contributed by atoms with Crippen molar-refractivity contribution < 1.29 is 0 Å². The third-order valence-electron chi connectivity index (χ3n) is 3.25. The third-order valence-corrected chi connectivity index (χ3v) is 3.25. The Bertz CT molecular complexity index is 397. The third kappa shape index (κ3) is 3.06. The first-order valence-electron chi connectivity index (χ1n) is 6.30. The van der Waals surface area contributed by atoms with Crippen LogP contribution in [0.25, 0.3) is 0 Å². The van der Waals surface area contributed by atoms with Crippen molar-refractivity contribution in [1.29, 1.82) is 0 Å². The molecular weight excluding hydrogens is 216 g/mol. The van der Waals surface area contributed by atoms with Crippen molar-refractivity contribution in [2.75, 3.05) is 31.1 Å². The molecule has 0 aromatic carbocycles. The van der Waals surface area contributed by atoms with Crippen LogP contribution in [-0.4, -0.2) is 36.1 Å². The van der Waals surface area contributed by atoms with Gasteiger partial charge in [-0.05, 0) is 38.8 Å². The van der Waals surface area contributed by atoms with E-state index in [1.165, 1.54) is 12.8 Å². The second kappa shape index (κ2) is 5.82. The fraction of sp³-hybridized carbons (Fsp3) is 0.667. The zero-order valence-corrected chi connectivity index (χ0v) is 10.3. The van der Waals surface area contributed by atoms with Crippen LogP contribution in [-0.2, 0) is 0 Å². The van der Waals surface area contributed by atoms with Crippen LogP contribution >= 0.6 is 0 Å². The Morgan fingerprint density at radius 3 is 3.12 bits per heavy atom. The van der Waals surface area contributed by atoms with Gasteiger partial charge in [-0.3, -0.25) is 4.79 Å². The van der Waals surface area contributed by atoms with Crippen LogP contribution in [0.1, 0.15) is 19.8 Å². The number of H-pyrrole nitrogens is 1. The maximum absolute atomic E-state index is 11.7. The van der Waals surface area contributed by atoms with E-state index in [9.17, 15) is 4.79 Å². The van der Waals surface area contributed by atoms with Crippen molar-refractivity contribution in [2.24, 2.45) is 5.92 Å². The van der Waals surface area contributed by atoms with E-state index in [4.69, 9.17) is 0 Å². The Kier molecular flexibility index (Phi) is 4.14. The number of nitrogens with one attached hydrogen (secondary N) is 2. The summed E-state index contributed by atoms with van der Waals surface area (Å²) in [5.74, 6) is 1.16. The van der Waals surface area contributed by atoms with Gasteiger partial charge >= 0.3 is 0 Å². The van der Waals surface area contributed by atoms with E-state index in [0.29, 0.717) is 11.7 Å². The van der Waals surface area contributed by atoms with Gasteiger partial charge in [0.25, 0.3) is 5.56 Å². The van der Waals surface area contributed by atoms with Gasteiger partial charge in [0.15, 0.2) is 5.82 Å². The van der Waals surface area contributed by atoms with Gasteiger partial charge in [0.2, 0.25) is 0 Å². The van der Waals surface area contributed by atoms with Gasteiger partial charge in [0, 0.05) is 25.5 Å². The van der Waals surface area contributed by atoms with E-state index in [1.54, 1.807) is 12.4 Å². The summed E-state index contributed by atoms with van der Waals surface area (Å²) in [6.07, 6.45) is 5.66. The van der Waals surface area contributed by atoms with Crippen LogP contribution < -0.4 is 15.8 Å². The van der Waals surface area contributed by atoms with Crippen LogP contribution in [0.2, 0.25) is 0 Å². The number of aromatic amines is 1.